The molecule has 0 aromatic carbocycles. The predicted molar refractivity (Wildman–Crippen MR) is 77.3 cm³/mol. The minimum atomic E-state index is -0.140. The third-order valence-corrected chi connectivity index (χ3v) is 4.03. The first-order valence-corrected chi connectivity index (χ1v) is 7.36. The van der Waals surface area contributed by atoms with Crippen LogP contribution in [0.1, 0.15) is 31.6 Å². The number of anilines is 1. The van der Waals surface area contributed by atoms with Crippen LogP contribution in [0.3, 0.4) is 0 Å². The van der Waals surface area contributed by atoms with E-state index in [1.165, 1.54) is 23.1 Å². The van der Waals surface area contributed by atoms with Crippen LogP contribution < -0.4 is 11.3 Å². The SMILES string of the molecule is Cc1nnc(Sc2cc(NN)nc(C(C)(C)C)n2)s1. The summed E-state index contributed by atoms with van der Waals surface area (Å²) in [7, 11) is 0. The Kier molecular flexibility index (Phi) is 4.02. The molecular formula is C11H16N6S2. The molecule has 0 saturated carbocycles. The van der Waals surface area contributed by atoms with Crippen LogP contribution in [-0.2, 0) is 5.41 Å². The molecule has 2 aromatic rings. The number of nitrogen functional groups attached to an aromatic ring is 1. The third kappa shape index (κ3) is 3.62. The van der Waals surface area contributed by atoms with E-state index in [1.807, 2.05) is 6.92 Å². The monoisotopic (exact) mass is 296 g/mol. The van der Waals surface area contributed by atoms with Crippen LogP contribution in [0.2, 0.25) is 0 Å². The summed E-state index contributed by atoms with van der Waals surface area (Å²) in [4.78, 5) is 8.93. The largest absolute Gasteiger partial charge is 0.308 e. The van der Waals surface area contributed by atoms with Crippen molar-refractivity contribution in [1.82, 2.24) is 20.2 Å². The van der Waals surface area contributed by atoms with E-state index in [1.54, 1.807) is 6.07 Å². The fourth-order valence-electron chi connectivity index (χ4n) is 1.30. The van der Waals surface area contributed by atoms with Crippen molar-refractivity contribution >= 4 is 28.9 Å². The molecule has 0 radical (unpaired) electrons. The van der Waals surface area contributed by atoms with E-state index < -0.39 is 0 Å². The van der Waals surface area contributed by atoms with Crippen LogP contribution in [0, 0.1) is 6.92 Å². The van der Waals surface area contributed by atoms with Gasteiger partial charge in [-0.25, -0.2) is 15.8 Å². The number of rotatable bonds is 3. The zero-order chi connectivity index (χ0) is 14.0. The lowest BCUT2D eigenvalue weighted by molar-refractivity contribution is 0.539. The van der Waals surface area contributed by atoms with Gasteiger partial charge in [0.2, 0.25) is 0 Å². The molecule has 0 bridgehead atoms. The molecule has 3 N–H and O–H groups in total. The lowest BCUT2D eigenvalue weighted by Crippen LogP contribution is -2.19. The molecule has 0 aliphatic rings. The minimum absolute atomic E-state index is 0.140. The van der Waals surface area contributed by atoms with E-state index in [9.17, 15) is 0 Å². The molecule has 0 spiro atoms. The topological polar surface area (TPSA) is 89.6 Å². The van der Waals surface area contributed by atoms with Gasteiger partial charge in [0, 0.05) is 11.5 Å². The fraction of sp³-hybridized carbons (Fsp3) is 0.455. The van der Waals surface area contributed by atoms with Crippen LogP contribution in [0.5, 0.6) is 0 Å². The molecule has 0 amide bonds. The Balaban J connectivity index is 2.34. The smallest absolute Gasteiger partial charge is 0.180 e. The Morgan fingerprint density at radius 1 is 1.26 bits per heavy atom. The van der Waals surface area contributed by atoms with E-state index in [0.717, 1.165) is 20.2 Å². The Labute approximate surface area is 120 Å². The van der Waals surface area contributed by atoms with E-state index in [0.29, 0.717) is 5.82 Å². The molecule has 19 heavy (non-hydrogen) atoms. The number of hydrazine groups is 1. The second-order valence-corrected chi connectivity index (χ2v) is 7.45. The van der Waals surface area contributed by atoms with Gasteiger partial charge in [-0.1, -0.05) is 32.1 Å². The standard InChI is InChI=1S/C11H16N6S2/c1-6-16-17-10(18-6)19-8-5-7(15-12)13-9(14-8)11(2,3)4/h5H,12H2,1-4H3,(H,13,14,15). The summed E-state index contributed by atoms with van der Waals surface area (Å²) in [5.74, 6) is 6.80. The number of hydrogen-bond acceptors (Lipinski definition) is 8. The van der Waals surface area contributed by atoms with Crippen molar-refractivity contribution < 1.29 is 0 Å². The van der Waals surface area contributed by atoms with Gasteiger partial charge in [-0.3, -0.25) is 0 Å². The Morgan fingerprint density at radius 3 is 2.53 bits per heavy atom. The fourth-order valence-corrected chi connectivity index (χ4v) is 3.06. The molecule has 2 aromatic heterocycles. The highest BCUT2D eigenvalue weighted by molar-refractivity contribution is 8.01. The number of aryl methyl sites for hydroxylation is 1. The number of aromatic nitrogens is 4. The van der Waals surface area contributed by atoms with E-state index in [4.69, 9.17) is 5.84 Å². The normalized spacial score (nSPS) is 11.6. The lowest BCUT2D eigenvalue weighted by atomic mass is 9.96. The first-order valence-electron chi connectivity index (χ1n) is 5.72. The van der Waals surface area contributed by atoms with Crippen LogP contribution >= 0.6 is 23.1 Å². The second-order valence-electron chi connectivity index (χ2n) is 5.00. The number of nitrogens with two attached hydrogens (primary N) is 1. The molecular weight excluding hydrogens is 280 g/mol. The van der Waals surface area contributed by atoms with Crippen molar-refractivity contribution in [3.63, 3.8) is 0 Å². The highest BCUT2D eigenvalue weighted by Crippen LogP contribution is 2.31. The summed E-state index contributed by atoms with van der Waals surface area (Å²) in [6.07, 6.45) is 0. The molecule has 6 nitrogen and oxygen atoms in total. The van der Waals surface area contributed by atoms with Crippen molar-refractivity contribution in [2.45, 2.75) is 42.5 Å². The average molecular weight is 296 g/mol. The van der Waals surface area contributed by atoms with Crippen LogP contribution in [0.15, 0.2) is 15.4 Å². The highest BCUT2D eigenvalue weighted by atomic mass is 32.2. The number of nitrogens with zero attached hydrogens (tertiary/aromatic N) is 4. The van der Waals surface area contributed by atoms with Crippen molar-refractivity contribution in [3.8, 4) is 0 Å². The molecule has 2 heterocycles. The van der Waals surface area contributed by atoms with Gasteiger partial charge in [0.1, 0.15) is 21.7 Å². The van der Waals surface area contributed by atoms with Gasteiger partial charge in [0.25, 0.3) is 0 Å². The van der Waals surface area contributed by atoms with Gasteiger partial charge in [-0.2, -0.15) is 0 Å². The Bertz CT molecular complexity index is 575. The number of nitrogens with one attached hydrogen (secondary N) is 1. The first-order chi connectivity index (χ1) is 8.88. The molecule has 2 rings (SSSR count). The quantitative estimate of drug-likeness (QED) is 0.510. The van der Waals surface area contributed by atoms with Gasteiger partial charge in [0.15, 0.2) is 4.34 Å². The molecule has 0 unspecified atom stereocenters. The van der Waals surface area contributed by atoms with Crippen LogP contribution in [0.25, 0.3) is 0 Å². The molecule has 0 saturated heterocycles. The molecule has 0 aliphatic heterocycles. The maximum atomic E-state index is 5.45. The van der Waals surface area contributed by atoms with E-state index in [2.05, 4.69) is 46.4 Å². The van der Waals surface area contributed by atoms with Crippen molar-refractivity contribution in [3.05, 3.63) is 16.9 Å². The number of hydrogen-bond donors (Lipinski definition) is 2. The predicted octanol–water partition coefficient (Wildman–Crippen LogP) is 2.37. The first kappa shape index (κ1) is 14.2. The summed E-state index contributed by atoms with van der Waals surface area (Å²) in [6, 6.07) is 1.80. The zero-order valence-electron chi connectivity index (χ0n) is 11.3. The molecule has 0 fully saturated rings. The maximum Gasteiger partial charge on any atom is 0.180 e. The van der Waals surface area contributed by atoms with Gasteiger partial charge in [-0.05, 0) is 18.7 Å². The summed E-state index contributed by atoms with van der Waals surface area (Å²) >= 11 is 3.00. The maximum absolute atomic E-state index is 5.45. The average Bonchev–Trinajstić information content (AvgIpc) is 2.73. The summed E-state index contributed by atoms with van der Waals surface area (Å²) in [5.41, 5.74) is 2.43. The summed E-state index contributed by atoms with van der Waals surface area (Å²) in [6.45, 7) is 8.11. The molecule has 0 aliphatic carbocycles. The molecule has 8 heteroatoms. The van der Waals surface area contributed by atoms with Crippen molar-refractivity contribution in [1.29, 1.82) is 0 Å². The second kappa shape index (κ2) is 5.40. The highest BCUT2D eigenvalue weighted by Gasteiger charge is 2.19. The van der Waals surface area contributed by atoms with Gasteiger partial charge >= 0.3 is 0 Å². The summed E-state index contributed by atoms with van der Waals surface area (Å²) < 4.78 is 0.860. The Morgan fingerprint density at radius 2 is 2.00 bits per heavy atom. The van der Waals surface area contributed by atoms with Crippen molar-refractivity contribution in [2.24, 2.45) is 5.84 Å². The Hall–Kier alpha value is -1.25. The van der Waals surface area contributed by atoms with Crippen LogP contribution in [0.4, 0.5) is 5.82 Å². The minimum Gasteiger partial charge on any atom is -0.308 e. The zero-order valence-corrected chi connectivity index (χ0v) is 12.9. The molecule has 0 atom stereocenters. The van der Waals surface area contributed by atoms with Gasteiger partial charge < -0.3 is 5.43 Å². The van der Waals surface area contributed by atoms with Crippen molar-refractivity contribution in [2.75, 3.05) is 5.43 Å². The lowest BCUT2D eigenvalue weighted by Gasteiger charge is -2.17. The van der Waals surface area contributed by atoms with E-state index >= 15 is 0 Å². The summed E-state index contributed by atoms with van der Waals surface area (Å²) in [5, 5.41) is 9.81. The van der Waals surface area contributed by atoms with E-state index in [-0.39, 0.29) is 5.41 Å². The van der Waals surface area contributed by atoms with Gasteiger partial charge in [-0.15, -0.1) is 10.2 Å². The molecule has 102 valence electrons. The third-order valence-electron chi connectivity index (χ3n) is 2.22. The van der Waals surface area contributed by atoms with Gasteiger partial charge in [0.05, 0.1) is 0 Å². The van der Waals surface area contributed by atoms with Crippen LogP contribution in [-0.4, -0.2) is 20.2 Å².